The smallest absolute Gasteiger partial charge is 0.297 e. The van der Waals surface area contributed by atoms with E-state index in [2.05, 4.69) is 0 Å². The number of benzene rings is 3. The summed E-state index contributed by atoms with van der Waals surface area (Å²) in [6.45, 7) is 2.21. The first kappa shape index (κ1) is 27.0. The molecule has 0 aromatic heterocycles. The number of aliphatic hydroxyl groups excluding tert-OH is 1. The van der Waals surface area contributed by atoms with Crippen molar-refractivity contribution in [3.63, 3.8) is 0 Å². The van der Waals surface area contributed by atoms with Crippen LogP contribution in [0.15, 0.2) is 71.6 Å². The molecule has 0 amide bonds. The molecule has 3 aromatic rings. The van der Waals surface area contributed by atoms with Gasteiger partial charge in [0.25, 0.3) is 10.1 Å². The van der Waals surface area contributed by atoms with Crippen molar-refractivity contribution in [2.45, 2.75) is 68.3 Å². The highest BCUT2D eigenvalue weighted by Crippen LogP contribution is 2.42. The molecule has 8 heteroatoms. The lowest BCUT2D eigenvalue weighted by atomic mass is 9.84. The van der Waals surface area contributed by atoms with Crippen molar-refractivity contribution in [3.05, 3.63) is 100 Å². The number of aliphatic hydroxyl groups is 1. The third kappa shape index (κ3) is 6.16. The number of hydrogen-bond acceptors (Lipinski definition) is 6. The molecule has 0 bridgehead atoms. The summed E-state index contributed by atoms with van der Waals surface area (Å²) >= 11 is 0. The number of halogens is 1. The molecule has 3 aromatic carbocycles. The van der Waals surface area contributed by atoms with E-state index in [-0.39, 0.29) is 17.9 Å². The zero-order chi connectivity index (χ0) is 26.7. The van der Waals surface area contributed by atoms with Gasteiger partial charge in [0, 0.05) is 12.5 Å². The predicted molar refractivity (Wildman–Crippen MR) is 141 cm³/mol. The summed E-state index contributed by atoms with van der Waals surface area (Å²) in [7, 11) is -4.02. The summed E-state index contributed by atoms with van der Waals surface area (Å²) in [5.41, 5.74) is 4.29. The van der Waals surface area contributed by atoms with Crippen LogP contribution in [0.3, 0.4) is 0 Å². The second-order valence-electron chi connectivity index (χ2n) is 10.1. The third-order valence-electron chi connectivity index (χ3n) is 7.36. The van der Waals surface area contributed by atoms with Crippen LogP contribution in [0.2, 0.25) is 0 Å². The maximum Gasteiger partial charge on any atom is 0.297 e. The standard InChI is InChI=1S/C30H33FO6S/c1-20-9-13-25(14-10-20)38(33,34)36-19-24(37-29-8-4-5-15-35-29)18-28-26-7-3-2-6-21(26)16-22-11-12-23(31)17-27(22)30(28)32/h2-3,6-7,9-14,17,24,28-30,32H,4-5,8,15-16,18-19H2,1H3/t24?,28-,29?,30-/m1/s1. The van der Waals surface area contributed by atoms with Crippen LogP contribution in [0, 0.1) is 12.7 Å². The van der Waals surface area contributed by atoms with E-state index in [0.717, 1.165) is 35.1 Å². The normalized spacial score (nSPS) is 22.2. The van der Waals surface area contributed by atoms with Crippen molar-refractivity contribution in [2.24, 2.45) is 0 Å². The van der Waals surface area contributed by atoms with Gasteiger partial charge in [-0.1, -0.05) is 48.0 Å². The summed E-state index contributed by atoms with van der Waals surface area (Å²) in [4.78, 5) is 0.0695. The summed E-state index contributed by atoms with van der Waals surface area (Å²) < 4.78 is 57.7. The molecule has 202 valence electrons. The number of ether oxygens (including phenoxy) is 2. The first-order chi connectivity index (χ1) is 18.3. The van der Waals surface area contributed by atoms with Crippen molar-refractivity contribution < 1.29 is 31.6 Å². The minimum atomic E-state index is -4.02. The number of fused-ring (bicyclic) bond motifs is 2. The second-order valence-corrected chi connectivity index (χ2v) is 11.7. The molecule has 1 fully saturated rings. The second kappa shape index (κ2) is 11.6. The van der Waals surface area contributed by atoms with Gasteiger partial charge < -0.3 is 14.6 Å². The fourth-order valence-corrected chi connectivity index (χ4v) is 6.26. The maximum absolute atomic E-state index is 14.2. The van der Waals surface area contributed by atoms with Crippen molar-refractivity contribution in [3.8, 4) is 0 Å². The Labute approximate surface area is 223 Å². The Morgan fingerprint density at radius 1 is 1.03 bits per heavy atom. The van der Waals surface area contributed by atoms with Gasteiger partial charge in [0.2, 0.25) is 0 Å². The average molecular weight is 541 g/mol. The van der Waals surface area contributed by atoms with E-state index in [9.17, 15) is 17.9 Å². The Balaban J connectivity index is 1.43. The monoisotopic (exact) mass is 540 g/mol. The SMILES string of the molecule is Cc1ccc(S(=O)(=O)OCC(C[C@@H]2c3ccccc3Cc3ccc(F)cc3[C@H]2O)OC2CCCCO2)cc1. The number of rotatable bonds is 8. The molecule has 1 aliphatic heterocycles. The molecule has 0 spiro atoms. The number of hydrogen-bond donors (Lipinski definition) is 1. The minimum Gasteiger partial charge on any atom is -0.388 e. The molecule has 4 atom stereocenters. The lowest BCUT2D eigenvalue weighted by molar-refractivity contribution is -0.196. The van der Waals surface area contributed by atoms with E-state index in [1.807, 2.05) is 31.2 Å². The zero-order valence-corrected chi connectivity index (χ0v) is 22.2. The van der Waals surface area contributed by atoms with Gasteiger partial charge in [-0.2, -0.15) is 8.42 Å². The van der Waals surface area contributed by atoms with Gasteiger partial charge in [0.05, 0.1) is 23.7 Å². The van der Waals surface area contributed by atoms with Gasteiger partial charge in [-0.15, -0.1) is 0 Å². The van der Waals surface area contributed by atoms with Crippen LogP contribution in [0.1, 0.15) is 65.5 Å². The molecule has 2 unspecified atom stereocenters. The molecule has 1 heterocycles. The van der Waals surface area contributed by atoms with Crippen LogP contribution < -0.4 is 0 Å². The Hall–Kier alpha value is -2.62. The summed E-state index contributed by atoms with van der Waals surface area (Å²) in [6, 6.07) is 18.8. The lowest BCUT2D eigenvalue weighted by Crippen LogP contribution is -2.33. The fraction of sp³-hybridized carbons (Fsp3) is 0.400. The lowest BCUT2D eigenvalue weighted by Gasteiger charge is -2.31. The van der Waals surface area contributed by atoms with E-state index in [1.54, 1.807) is 18.2 Å². The molecular weight excluding hydrogens is 507 g/mol. The van der Waals surface area contributed by atoms with Crippen LogP contribution in [-0.4, -0.2) is 39.1 Å². The van der Waals surface area contributed by atoms with E-state index < -0.39 is 40.4 Å². The van der Waals surface area contributed by atoms with Gasteiger partial charge in [-0.3, -0.25) is 4.18 Å². The van der Waals surface area contributed by atoms with Crippen LogP contribution in [0.25, 0.3) is 0 Å². The first-order valence-corrected chi connectivity index (χ1v) is 14.5. The molecule has 2 aliphatic rings. The van der Waals surface area contributed by atoms with E-state index in [0.29, 0.717) is 25.0 Å². The third-order valence-corrected chi connectivity index (χ3v) is 8.66. The Morgan fingerprint density at radius 2 is 1.79 bits per heavy atom. The predicted octanol–water partition coefficient (Wildman–Crippen LogP) is 5.56. The molecule has 0 saturated carbocycles. The summed E-state index contributed by atoms with van der Waals surface area (Å²) in [5.74, 6) is -0.878. The average Bonchev–Trinajstić information content (AvgIpc) is 3.02. The number of aryl methyl sites for hydroxylation is 1. The molecule has 1 aliphatic carbocycles. The molecule has 0 radical (unpaired) electrons. The van der Waals surface area contributed by atoms with Gasteiger partial charge in [-0.25, -0.2) is 4.39 Å². The van der Waals surface area contributed by atoms with Gasteiger partial charge >= 0.3 is 0 Å². The summed E-state index contributed by atoms with van der Waals surface area (Å²) in [6.07, 6.45) is 1.23. The zero-order valence-electron chi connectivity index (χ0n) is 21.4. The van der Waals surface area contributed by atoms with E-state index in [1.165, 1.54) is 24.3 Å². The fourth-order valence-electron chi connectivity index (χ4n) is 5.32. The molecule has 1 N–H and O–H groups in total. The van der Waals surface area contributed by atoms with Crippen LogP contribution in [0.5, 0.6) is 0 Å². The maximum atomic E-state index is 14.2. The van der Waals surface area contributed by atoms with E-state index >= 15 is 0 Å². The Bertz CT molecular complexity index is 1350. The van der Waals surface area contributed by atoms with Gasteiger partial charge in [-0.05, 0) is 85.5 Å². The van der Waals surface area contributed by atoms with Gasteiger partial charge in [0.1, 0.15) is 5.82 Å². The molecule has 1 saturated heterocycles. The Kier molecular flexibility index (Phi) is 8.26. The highest BCUT2D eigenvalue weighted by atomic mass is 32.2. The van der Waals surface area contributed by atoms with Gasteiger partial charge in [0.15, 0.2) is 6.29 Å². The molecular formula is C30H33FO6S. The molecule has 5 rings (SSSR count). The van der Waals surface area contributed by atoms with Crippen molar-refractivity contribution in [1.82, 2.24) is 0 Å². The van der Waals surface area contributed by atoms with Crippen molar-refractivity contribution in [1.29, 1.82) is 0 Å². The quantitative estimate of drug-likeness (QED) is 0.377. The highest BCUT2D eigenvalue weighted by molar-refractivity contribution is 7.86. The molecule has 6 nitrogen and oxygen atoms in total. The Morgan fingerprint density at radius 3 is 2.55 bits per heavy atom. The highest BCUT2D eigenvalue weighted by Gasteiger charge is 2.34. The summed E-state index contributed by atoms with van der Waals surface area (Å²) in [5, 5.41) is 11.5. The van der Waals surface area contributed by atoms with Crippen molar-refractivity contribution >= 4 is 10.1 Å². The minimum absolute atomic E-state index is 0.0695. The molecule has 38 heavy (non-hydrogen) atoms. The van der Waals surface area contributed by atoms with Crippen molar-refractivity contribution in [2.75, 3.05) is 13.2 Å². The van der Waals surface area contributed by atoms with Crippen LogP contribution >= 0.6 is 0 Å². The topological polar surface area (TPSA) is 82.1 Å². The van der Waals surface area contributed by atoms with Crippen LogP contribution in [0.4, 0.5) is 4.39 Å². The first-order valence-electron chi connectivity index (χ1n) is 13.1. The largest absolute Gasteiger partial charge is 0.388 e. The van der Waals surface area contributed by atoms with E-state index in [4.69, 9.17) is 13.7 Å². The van der Waals surface area contributed by atoms with Crippen LogP contribution in [-0.2, 0) is 30.2 Å².